The third kappa shape index (κ3) is 3.92. The summed E-state index contributed by atoms with van der Waals surface area (Å²) in [6.45, 7) is 0. The van der Waals surface area contributed by atoms with Crippen molar-refractivity contribution in [3.63, 3.8) is 0 Å². The van der Waals surface area contributed by atoms with Gasteiger partial charge in [-0.15, -0.1) is 0 Å². The molecule has 2 aromatic carbocycles. The van der Waals surface area contributed by atoms with Crippen LogP contribution in [0.3, 0.4) is 0 Å². The zero-order valence-corrected chi connectivity index (χ0v) is 17.5. The number of hydrogen-bond donors (Lipinski definition) is 1. The maximum atomic E-state index is 13.6. The van der Waals surface area contributed by atoms with E-state index < -0.39 is 11.6 Å². The molecule has 9 heteroatoms. The van der Waals surface area contributed by atoms with Crippen molar-refractivity contribution in [1.29, 1.82) is 0 Å². The van der Waals surface area contributed by atoms with Crippen molar-refractivity contribution in [3.05, 3.63) is 72.1 Å². The van der Waals surface area contributed by atoms with Crippen LogP contribution in [0, 0.1) is 11.6 Å². The molecule has 1 N–H and O–H groups in total. The van der Waals surface area contributed by atoms with E-state index in [1.807, 2.05) is 0 Å². The molecule has 4 rings (SSSR count). The molecule has 0 unspecified atom stereocenters. The maximum Gasteiger partial charge on any atom is 0.255 e. The standard InChI is InChI=1S/C23H19F2N3O4/c1-30-19-9-14(10-20(31-2)22(19)32-3)23(29)26-15-5-7-21-27-18(12-28(21)11-15)13-4-6-16(24)17(25)8-13/h4-12H,1-3H3,(H,26,29). The Bertz CT molecular complexity index is 1300. The SMILES string of the molecule is COc1cc(C(=O)Nc2ccc3nc(-c4ccc(F)c(F)c4)cn3c2)cc(OC)c1OC. The second kappa shape index (κ2) is 8.54. The van der Waals surface area contributed by atoms with Gasteiger partial charge in [0.15, 0.2) is 23.1 Å². The topological polar surface area (TPSA) is 74.1 Å². The van der Waals surface area contributed by atoms with E-state index >= 15 is 0 Å². The van der Waals surface area contributed by atoms with Crippen molar-refractivity contribution in [2.45, 2.75) is 0 Å². The number of methoxy groups -OCH3 is 3. The fraction of sp³-hybridized carbons (Fsp3) is 0.130. The number of ether oxygens (including phenoxy) is 3. The minimum absolute atomic E-state index is 0.313. The number of carbonyl (C=O) groups excluding carboxylic acids is 1. The number of hydrogen-bond acceptors (Lipinski definition) is 5. The Morgan fingerprint density at radius 2 is 1.62 bits per heavy atom. The smallest absolute Gasteiger partial charge is 0.255 e. The minimum atomic E-state index is -0.946. The predicted molar refractivity (Wildman–Crippen MR) is 115 cm³/mol. The summed E-state index contributed by atoms with van der Waals surface area (Å²) in [5, 5.41) is 2.81. The summed E-state index contributed by atoms with van der Waals surface area (Å²) in [6.07, 6.45) is 3.33. The van der Waals surface area contributed by atoms with Crippen LogP contribution in [0.5, 0.6) is 17.2 Å². The number of aromatic nitrogens is 2. The van der Waals surface area contributed by atoms with Crippen LogP contribution in [0.2, 0.25) is 0 Å². The zero-order chi connectivity index (χ0) is 22.8. The first-order chi connectivity index (χ1) is 15.4. The van der Waals surface area contributed by atoms with E-state index in [0.29, 0.717) is 45.4 Å². The molecule has 2 aromatic heterocycles. The zero-order valence-electron chi connectivity index (χ0n) is 17.5. The van der Waals surface area contributed by atoms with E-state index in [1.54, 1.807) is 41.1 Å². The summed E-state index contributed by atoms with van der Waals surface area (Å²) in [4.78, 5) is 17.2. The number of amides is 1. The summed E-state index contributed by atoms with van der Waals surface area (Å²) in [6, 6.07) is 10.1. The fourth-order valence-electron chi connectivity index (χ4n) is 3.28. The number of anilines is 1. The van der Waals surface area contributed by atoms with Crippen LogP contribution in [-0.4, -0.2) is 36.6 Å². The molecule has 0 saturated carbocycles. The van der Waals surface area contributed by atoms with E-state index in [0.717, 1.165) is 12.1 Å². The molecule has 1 amide bonds. The third-order valence-electron chi connectivity index (χ3n) is 4.85. The highest BCUT2D eigenvalue weighted by Gasteiger charge is 2.17. The van der Waals surface area contributed by atoms with Gasteiger partial charge >= 0.3 is 0 Å². The quantitative estimate of drug-likeness (QED) is 0.477. The maximum absolute atomic E-state index is 13.6. The average molecular weight is 439 g/mol. The molecule has 0 aliphatic carbocycles. The first-order valence-electron chi connectivity index (χ1n) is 9.49. The van der Waals surface area contributed by atoms with Crippen LogP contribution >= 0.6 is 0 Å². The predicted octanol–water partition coefficient (Wildman–Crippen LogP) is 4.56. The summed E-state index contributed by atoms with van der Waals surface area (Å²) in [5.41, 5.74) is 2.31. The first kappa shape index (κ1) is 21.1. The highest BCUT2D eigenvalue weighted by atomic mass is 19.2. The van der Waals surface area contributed by atoms with Crippen LogP contribution in [0.25, 0.3) is 16.9 Å². The van der Waals surface area contributed by atoms with Crippen molar-refractivity contribution in [1.82, 2.24) is 9.38 Å². The van der Waals surface area contributed by atoms with Crippen LogP contribution in [0.1, 0.15) is 10.4 Å². The van der Waals surface area contributed by atoms with Gasteiger partial charge < -0.3 is 23.9 Å². The largest absolute Gasteiger partial charge is 0.493 e. The van der Waals surface area contributed by atoms with Gasteiger partial charge in [0, 0.05) is 23.5 Å². The highest BCUT2D eigenvalue weighted by molar-refractivity contribution is 6.05. The number of carbonyl (C=O) groups is 1. The van der Waals surface area contributed by atoms with E-state index in [9.17, 15) is 13.6 Å². The Labute approximate surface area is 182 Å². The van der Waals surface area contributed by atoms with Crippen LogP contribution in [0.4, 0.5) is 14.5 Å². The van der Waals surface area contributed by atoms with Crippen LogP contribution in [-0.2, 0) is 0 Å². The number of fused-ring (bicyclic) bond motifs is 1. The lowest BCUT2D eigenvalue weighted by molar-refractivity contribution is 0.102. The normalized spacial score (nSPS) is 10.8. The lowest BCUT2D eigenvalue weighted by Gasteiger charge is -2.14. The van der Waals surface area contributed by atoms with E-state index in [4.69, 9.17) is 14.2 Å². The summed E-state index contributed by atoms with van der Waals surface area (Å²) < 4.78 is 44.3. The van der Waals surface area contributed by atoms with E-state index in [2.05, 4.69) is 10.3 Å². The van der Waals surface area contributed by atoms with E-state index in [-0.39, 0.29) is 5.91 Å². The Morgan fingerprint density at radius 3 is 2.25 bits per heavy atom. The van der Waals surface area contributed by atoms with Gasteiger partial charge in [-0.2, -0.15) is 0 Å². The molecule has 4 aromatic rings. The Kier molecular flexibility index (Phi) is 5.63. The number of benzene rings is 2. The molecular weight excluding hydrogens is 420 g/mol. The molecule has 0 aliphatic rings. The van der Waals surface area contributed by atoms with Gasteiger partial charge in [0.2, 0.25) is 5.75 Å². The molecule has 0 fully saturated rings. The molecule has 0 radical (unpaired) electrons. The molecule has 0 bridgehead atoms. The molecular formula is C23H19F2N3O4. The summed E-state index contributed by atoms with van der Waals surface area (Å²) in [7, 11) is 4.42. The van der Waals surface area contributed by atoms with Crippen molar-refractivity contribution in [2.75, 3.05) is 26.6 Å². The van der Waals surface area contributed by atoms with Gasteiger partial charge in [0.1, 0.15) is 5.65 Å². The van der Waals surface area contributed by atoms with Crippen LogP contribution in [0.15, 0.2) is 54.9 Å². The van der Waals surface area contributed by atoms with Gasteiger partial charge in [0.05, 0.1) is 32.7 Å². The Morgan fingerprint density at radius 1 is 0.906 bits per heavy atom. The van der Waals surface area contributed by atoms with Crippen molar-refractivity contribution in [2.24, 2.45) is 0 Å². The monoisotopic (exact) mass is 439 g/mol. The van der Waals surface area contributed by atoms with Crippen molar-refractivity contribution >= 4 is 17.2 Å². The van der Waals surface area contributed by atoms with Gasteiger partial charge in [-0.1, -0.05) is 0 Å². The second-order valence-electron chi connectivity index (χ2n) is 6.81. The van der Waals surface area contributed by atoms with Gasteiger partial charge in [0.25, 0.3) is 5.91 Å². The number of nitrogens with one attached hydrogen (secondary N) is 1. The van der Waals surface area contributed by atoms with E-state index in [1.165, 1.54) is 27.4 Å². The number of rotatable bonds is 6. The second-order valence-corrected chi connectivity index (χ2v) is 6.81. The Hall–Kier alpha value is -4.14. The number of halogens is 2. The fourth-order valence-corrected chi connectivity index (χ4v) is 3.28. The summed E-state index contributed by atoms with van der Waals surface area (Å²) in [5.74, 6) is -1.15. The first-order valence-corrected chi connectivity index (χ1v) is 9.49. The molecule has 0 saturated heterocycles. The third-order valence-corrected chi connectivity index (χ3v) is 4.85. The van der Waals surface area contributed by atoms with Crippen molar-refractivity contribution in [3.8, 4) is 28.5 Å². The molecule has 2 heterocycles. The number of imidazole rings is 1. The van der Waals surface area contributed by atoms with Gasteiger partial charge in [-0.25, -0.2) is 13.8 Å². The summed E-state index contributed by atoms with van der Waals surface area (Å²) >= 11 is 0. The van der Waals surface area contributed by atoms with Crippen molar-refractivity contribution < 1.29 is 27.8 Å². The van der Waals surface area contributed by atoms with Gasteiger partial charge in [-0.3, -0.25) is 4.79 Å². The molecule has 164 valence electrons. The lowest BCUT2D eigenvalue weighted by atomic mass is 10.1. The Balaban J connectivity index is 1.62. The minimum Gasteiger partial charge on any atom is -0.493 e. The van der Waals surface area contributed by atoms with Crippen LogP contribution < -0.4 is 19.5 Å². The molecule has 7 nitrogen and oxygen atoms in total. The average Bonchev–Trinajstić information content (AvgIpc) is 3.23. The highest BCUT2D eigenvalue weighted by Crippen LogP contribution is 2.38. The number of pyridine rings is 1. The molecule has 32 heavy (non-hydrogen) atoms. The molecule has 0 aliphatic heterocycles. The lowest BCUT2D eigenvalue weighted by Crippen LogP contribution is -2.13. The van der Waals surface area contributed by atoms with Gasteiger partial charge in [-0.05, 0) is 42.5 Å². The molecule has 0 atom stereocenters. The number of nitrogens with zero attached hydrogens (tertiary/aromatic N) is 2. The molecule has 0 spiro atoms.